The molecular formula is C21H18FN3O3S2. The molecule has 0 radical (unpaired) electrons. The van der Waals surface area contributed by atoms with Crippen LogP contribution in [0.2, 0.25) is 0 Å². The number of carbonyl (C=O) groups excluding carboxylic acids is 1. The summed E-state index contributed by atoms with van der Waals surface area (Å²) in [4.78, 5) is 18.2. The van der Waals surface area contributed by atoms with Gasteiger partial charge in [-0.1, -0.05) is 30.3 Å². The van der Waals surface area contributed by atoms with Crippen LogP contribution in [0, 0.1) is 5.82 Å². The van der Waals surface area contributed by atoms with Crippen LogP contribution in [0.15, 0.2) is 75.9 Å². The molecule has 0 aliphatic carbocycles. The van der Waals surface area contributed by atoms with Crippen molar-refractivity contribution in [1.29, 1.82) is 0 Å². The standard InChI is InChI=1S/C21H18FN3O3S2/c1-13(23-20-16-5-2-3-7-18(16)30(27,28)25-20)21(26)24-19(17-6-4-12-29-17)14-8-10-15(22)11-9-14/h2-13,19H,1H3,(H,23,25)(H,24,26)/t13-,19?/m0/s1. The molecule has 2 N–H and O–H groups in total. The van der Waals surface area contributed by atoms with Gasteiger partial charge in [-0.2, -0.15) is 0 Å². The molecule has 6 nitrogen and oxygen atoms in total. The molecule has 0 spiro atoms. The highest BCUT2D eigenvalue weighted by molar-refractivity contribution is 7.90. The predicted octanol–water partition coefficient (Wildman–Crippen LogP) is 3.22. The fraction of sp³-hybridized carbons (Fsp3) is 0.143. The Morgan fingerprint density at radius 3 is 2.53 bits per heavy atom. The Balaban J connectivity index is 1.59. The number of aliphatic imine (C=N–C) groups is 1. The number of nitrogens with zero attached hydrogens (tertiary/aromatic N) is 1. The molecule has 0 saturated carbocycles. The fourth-order valence-electron chi connectivity index (χ4n) is 3.17. The van der Waals surface area contributed by atoms with E-state index in [1.807, 2.05) is 17.5 Å². The van der Waals surface area contributed by atoms with Crippen LogP contribution >= 0.6 is 11.3 Å². The van der Waals surface area contributed by atoms with E-state index in [0.717, 1.165) is 10.4 Å². The number of thiophene rings is 1. The number of hydrogen-bond acceptors (Lipinski definition) is 5. The maximum atomic E-state index is 13.3. The first kappa shape index (κ1) is 20.2. The quantitative estimate of drug-likeness (QED) is 0.635. The van der Waals surface area contributed by atoms with Crippen molar-refractivity contribution in [3.05, 3.63) is 87.9 Å². The Morgan fingerprint density at radius 1 is 1.10 bits per heavy atom. The highest BCUT2D eigenvalue weighted by atomic mass is 32.2. The van der Waals surface area contributed by atoms with E-state index in [2.05, 4.69) is 15.0 Å². The third-order valence-electron chi connectivity index (χ3n) is 4.68. The van der Waals surface area contributed by atoms with Gasteiger partial charge in [0.25, 0.3) is 10.0 Å². The van der Waals surface area contributed by atoms with Crippen LogP contribution in [0.25, 0.3) is 0 Å². The lowest BCUT2D eigenvalue weighted by Gasteiger charge is -2.20. The molecule has 0 bridgehead atoms. The number of rotatable bonds is 5. The molecular weight excluding hydrogens is 425 g/mol. The number of hydrogen-bond donors (Lipinski definition) is 2. The minimum atomic E-state index is -3.68. The van der Waals surface area contributed by atoms with E-state index < -0.39 is 22.1 Å². The number of amidine groups is 1. The summed E-state index contributed by atoms with van der Waals surface area (Å²) in [5, 5.41) is 4.83. The summed E-state index contributed by atoms with van der Waals surface area (Å²) in [5.74, 6) is -0.599. The monoisotopic (exact) mass is 443 g/mol. The average molecular weight is 444 g/mol. The average Bonchev–Trinajstić information content (AvgIpc) is 3.34. The van der Waals surface area contributed by atoms with Crippen molar-refractivity contribution < 1.29 is 17.6 Å². The molecule has 9 heteroatoms. The number of nitrogens with one attached hydrogen (secondary N) is 2. The molecule has 1 amide bonds. The summed E-state index contributed by atoms with van der Waals surface area (Å²) in [5.41, 5.74) is 1.17. The lowest BCUT2D eigenvalue weighted by atomic mass is 10.0. The van der Waals surface area contributed by atoms with Gasteiger partial charge in [-0.05, 0) is 48.2 Å². The van der Waals surface area contributed by atoms with Gasteiger partial charge < -0.3 is 5.32 Å². The summed E-state index contributed by atoms with van der Waals surface area (Å²) >= 11 is 1.47. The van der Waals surface area contributed by atoms with Gasteiger partial charge in [0, 0.05) is 10.4 Å². The van der Waals surface area contributed by atoms with Crippen molar-refractivity contribution in [2.45, 2.75) is 23.9 Å². The number of amides is 1. The van der Waals surface area contributed by atoms with Gasteiger partial charge >= 0.3 is 0 Å². The second-order valence-corrected chi connectivity index (χ2v) is 9.39. The Bertz CT molecular complexity index is 1210. The molecule has 1 aromatic heterocycles. The molecule has 0 saturated heterocycles. The maximum Gasteiger partial charge on any atom is 0.263 e. The maximum absolute atomic E-state index is 13.3. The third-order valence-corrected chi connectivity index (χ3v) is 7.02. The zero-order valence-corrected chi connectivity index (χ0v) is 17.5. The normalized spacial score (nSPS) is 17.7. The Hall–Kier alpha value is -3.04. The molecule has 0 fully saturated rings. The smallest absolute Gasteiger partial charge is 0.263 e. The number of carbonyl (C=O) groups is 1. The van der Waals surface area contributed by atoms with Crippen LogP contribution in [-0.4, -0.2) is 26.2 Å². The zero-order chi connectivity index (χ0) is 21.3. The van der Waals surface area contributed by atoms with Gasteiger partial charge in [-0.3, -0.25) is 14.5 Å². The largest absolute Gasteiger partial charge is 0.343 e. The van der Waals surface area contributed by atoms with Crippen molar-refractivity contribution >= 4 is 33.1 Å². The second-order valence-electron chi connectivity index (χ2n) is 6.76. The van der Waals surface area contributed by atoms with Crippen molar-refractivity contribution in [2.75, 3.05) is 0 Å². The molecule has 154 valence electrons. The topological polar surface area (TPSA) is 87.6 Å². The fourth-order valence-corrected chi connectivity index (χ4v) is 5.22. The Kier molecular flexibility index (Phi) is 5.40. The van der Waals surface area contributed by atoms with Crippen molar-refractivity contribution in [3.63, 3.8) is 0 Å². The number of benzene rings is 2. The zero-order valence-electron chi connectivity index (χ0n) is 15.9. The van der Waals surface area contributed by atoms with Gasteiger partial charge in [-0.25, -0.2) is 12.8 Å². The van der Waals surface area contributed by atoms with Crippen molar-refractivity contribution in [2.24, 2.45) is 4.99 Å². The van der Waals surface area contributed by atoms with E-state index in [4.69, 9.17) is 0 Å². The molecule has 1 aliphatic heterocycles. The highest BCUT2D eigenvalue weighted by Crippen LogP contribution is 2.27. The minimum absolute atomic E-state index is 0.138. The van der Waals surface area contributed by atoms with Crippen LogP contribution in [0.5, 0.6) is 0 Å². The summed E-state index contributed by atoms with van der Waals surface area (Å²) < 4.78 is 40.2. The van der Waals surface area contributed by atoms with Crippen LogP contribution in [0.4, 0.5) is 4.39 Å². The first-order chi connectivity index (χ1) is 14.3. The number of halogens is 1. The van der Waals surface area contributed by atoms with Crippen LogP contribution in [0.1, 0.15) is 29.0 Å². The number of fused-ring (bicyclic) bond motifs is 1. The summed E-state index contributed by atoms with van der Waals surface area (Å²) in [6.45, 7) is 1.59. The van der Waals surface area contributed by atoms with Gasteiger partial charge in [0.05, 0.1) is 10.9 Å². The summed E-state index contributed by atoms with van der Waals surface area (Å²) in [6.07, 6.45) is 0. The lowest BCUT2D eigenvalue weighted by molar-refractivity contribution is -0.122. The van der Waals surface area contributed by atoms with Gasteiger partial charge in [0.1, 0.15) is 17.7 Å². The third kappa shape index (κ3) is 3.99. The van der Waals surface area contributed by atoms with E-state index >= 15 is 0 Å². The SMILES string of the molecule is C[C@H](N=C1NS(=O)(=O)c2ccccc21)C(=O)NC(c1ccc(F)cc1)c1cccs1. The minimum Gasteiger partial charge on any atom is -0.343 e. The first-order valence-corrected chi connectivity index (χ1v) is 11.5. The molecule has 1 aliphatic rings. The van der Waals surface area contributed by atoms with E-state index in [-0.39, 0.29) is 22.5 Å². The molecule has 2 atom stereocenters. The van der Waals surface area contributed by atoms with Gasteiger partial charge in [0.2, 0.25) is 5.91 Å². The van der Waals surface area contributed by atoms with Crippen molar-refractivity contribution in [1.82, 2.24) is 10.0 Å². The molecule has 1 unspecified atom stereocenters. The van der Waals surface area contributed by atoms with Crippen LogP contribution < -0.4 is 10.0 Å². The first-order valence-electron chi connectivity index (χ1n) is 9.14. The Labute approximate surface area is 177 Å². The van der Waals surface area contributed by atoms with Crippen LogP contribution in [0.3, 0.4) is 0 Å². The van der Waals surface area contributed by atoms with E-state index in [0.29, 0.717) is 5.56 Å². The van der Waals surface area contributed by atoms with E-state index in [1.165, 1.54) is 29.5 Å². The van der Waals surface area contributed by atoms with Crippen molar-refractivity contribution in [3.8, 4) is 0 Å². The summed E-state index contributed by atoms with van der Waals surface area (Å²) in [6, 6.07) is 14.9. The number of sulfonamides is 1. The van der Waals surface area contributed by atoms with Crippen LogP contribution in [-0.2, 0) is 14.8 Å². The molecule has 2 aromatic carbocycles. The molecule has 30 heavy (non-hydrogen) atoms. The molecule has 4 rings (SSSR count). The predicted molar refractivity (Wildman–Crippen MR) is 113 cm³/mol. The van der Waals surface area contributed by atoms with E-state index in [9.17, 15) is 17.6 Å². The summed E-state index contributed by atoms with van der Waals surface area (Å²) in [7, 11) is -3.68. The van der Waals surface area contributed by atoms with Gasteiger partial charge in [0.15, 0.2) is 0 Å². The molecule has 3 aromatic rings. The highest BCUT2D eigenvalue weighted by Gasteiger charge is 2.31. The van der Waals surface area contributed by atoms with E-state index in [1.54, 1.807) is 37.3 Å². The van der Waals surface area contributed by atoms with Gasteiger partial charge in [-0.15, -0.1) is 11.3 Å². The molecule has 2 heterocycles. The lowest BCUT2D eigenvalue weighted by Crippen LogP contribution is -2.36. The Morgan fingerprint density at radius 2 is 1.83 bits per heavy atom. The second kappa shape index (κ2) is 8.00.